The van der Waals surface area contributed by atoms with Gasteiger partial charge in [0.25, 0.3) is 0 Å². The zero-order valence-corrected chi connectivity index (χ0v) is 11.7. The Bertz CT molecular complexity index is 341. The first kappa shape index (κ1) is 14.8. The van der Waals surface area contributed by atoms with Gasteiger partial charge in [-0.3, -0.25) is 0 Å². The molecular formula is C13H24N2O3. The fourth-order valence-corrected chi connectivity index (χ4v) is 2.56. The van der Waals surface area contributed by atoms with E-state index in [4.69, 9.17) is 0 Å². The van der Waals surface area contributed by atoms with Gasteiger partial charge in [-0.05, 0) is 40.0 Å². The van der Waals surface area contributed by atoms with E-state index < -0.39 is 11.5 Å². The topological polar surface area (TPSA) is 69.6 Å². The number of likely N-dealkylation sites (tertiary alicyclic amines) is 1. The van der Waals surface area contributed by atoms with E-state index in [1.807, 2.05) is 13.8 Å². The van der Waals surface area contributed by atoms with Gasteiger partial charge in [0.15, 0.2) is 0 Å². The van der Waals surface area contributed by atoms with E-state index in [2.05, 4.69) is 12.2 Å². The summed E-state index contributed by atoms with van der Waals surface area (Å²) in [5, 5.41) is 12.2. The summed E-state index contributed by atoms with van der Waals surface area (Å²) in [7, 11) is 0. The number of urea groups is 1. The van der Waals surface area contributed by atoms with Crippen LogP contribution in [0.1, 0.15) is 53.4 Å². The molecule has 1 atom stereocenters. The number of aliphatic carboxylic acids is 1. The molecule has 1 aliphatic heterocycles. The summed E-state index contributed by atoms with van der Waals surface area (Å²) in [5.74, 6) is -0.927. The number of hydrogen-bond acceptors (Lipinski definition) is 2. The van der Waals surface area contributed by atoms with Crippen LogP contribution in [0.4, 0.5) is 4.79 Å². The van der Waals surface area contributed by atoms with Crippen LogP contribution in [0.2, 0.25) is 0 Å². The molecule has 1 fully saturated rings. The van der Waals surface area contributed by atoms with Gasteiger partial charge in [-0.15, -0.1) is 0 Å². The number of amides is 2. The molecule has 0 aromatic rings. The molecule has 18 heavy (non-hydrogen) atoms. The average Bonchev–Trinajstić information content (AvgIpc) is 2.60. The quantitative estimate of drug-likeness (QED) is 0.810. The van der Waals surface area contributed by atoms with Crippen LogP contribution in [0.5, 0.6) is 0 Å². The molecular weight excluding hydrogens is 232 g/mol. The molecule has 1 saturated heterocycles. The minimum atomic E-state index is -1.06. The molecule has 1 unspecified atom stereocenters. The van der Waals surface area contributed by atoms with Crippen LogP contribution in [-0.4, -0.2) is 39.6 Å². The first-order valence-corrected chi connectivity index (χ1v) is 6.56. The molecule has 1 heterocycles. The van der Waals surface area contributed by atoms with Gasteiger partial charge in [0.2, 0.25) is 0 Å². The molecule has 5 heteroatoms. The smallest absolute Gasteiger partial charge is 0.329 e. The van der Waals surface area contributed by atoms with Crippen LogP contribution >= 0.6 is 0 Å². The third-order valence-electron chi connectivity index (χ3n) is 3.67. The van der Waals surface area contributed by atoms with Crippen molar-refractivity contribution in [3.05, 3.63) is 0 Å². The average molecular weight is 256 g/mol. The monoisotopic (exact) mass is 256 g/mol. The van der Waals surface area contributed by atoms with Crippen molar-refractivity contribution >= 4 is 12.0 Å². The van der Waals surface area contributed by atoms with E-state index in [-0.39, 0.29) is 11.6 Å². The maximum absolute atomic E-state index is 12.2. The molecule has 1 aliphatic rings. The van der Waals surface area contributed by atoms with Crippen molar-refractivity contribution in [2.45, 2.75) is 64.5 Å². The van der Waals surface area contributed by atoms with Crippen molar-refractivity contribution in [3.63, 3.8) is 0 Å². The summed E-state index contributed by atoms with van der Waals surface area (Å²) < 4.78 is 0. The van der Waals surface area contributed by atoms with Crippen molar-refractivity contribution in [2.24, 2.45) is 0 Å². The van der Waals surface area contributed by atoms with E-state index in [9.17, 15) is 14.7 Å². The van der Waals surface area contributed by atoms with Crippen molar-refractivity contribution < 1.29 is 14.7 Å². The fourth-order valence-electron chi connectivity index (χ4n) is 2.56. The SMILES string of the molecule is CCCC(C)(C)NC(=O)N1CCCC1(C)C(=O)O. The Kier molecular flexibility index (Phi) is 4.24. The highest BCUT2D eigenvalue weighted by molar-refractivity contribution is 5.86. The second kappa shape index (κ2) is 5.16. The molecule has 2 N–H and O–H groups in total. The summed E-state index contributed by atoms with van der Waals surface area (Å²) in [5.41, 5.74) is -1.36. The van der Waals surface area contributed by atoms with Crippen LogP contribution in [0, 0.1) is 0 Å². The maximum atomic E-state index is 12.2. The normalized spacial score (nSPS) is 24.1. The molecule has 0 spiro atoms. The first-order chi connectivity index (χ1) is 8.23. The third-order valence-corrected chi connectivity index (χ3v) is 3.67. The van der Waals surface area contributed by atoms with E-state index in [0.29, 0.717) is 13.0 Å². The highest BCUT2D eigenvalue weighted by Gasteiger charge is 2.46. The summed E-state index contributed by atoms with van der Waals surface area (Å²) >= 11 is 0. The molecule has 0 radical (unpaired) electrons. The van der Waals surface area contributed by atoms with Crippen LogP contribution < -0.4 is 5.32 Å². The minimum absolute atomic E-state index is 0.268. The van der Waals surface area contributed by atoms with Gasteiger partial charge >= 0.3 is 12.0 Å². The number of carboxylic acids is 1. The third kappa shape index (κ3) is 2.94. The molecule has 0 aliphatic carbocycles. The Balaban J connectivity index is 2.75. The highest BCUT2D eigenvalue weighted by atomic mass is 16.4. The lowest BCUT2D eigenvalue weighted by Gasteiger charge is -2.35. The maximum Gasteiger partial charge on any atom is 0.329 e. The van der Waals surface area contributed by atoms with E-state index >= 15 is 0 Å². The lowest BCUT2D eigenvalue weighted by atomic mass is 9.98. The summed E-state index contributed by atoms with van der Waals surface area (Å²) in [6.45, 7) is 8.11. The second-order valence-corrected chi connectivity index (χ2v) is 5.90. The number of hydrogen-bond donors (Lipinski definition) is 2. The molecule has 104 valence electrons. The standard InChI is InChI=1S/C13H24N2O3/c1-5-7-12(2,3)14-11(18)15-9-6-8-13(15,4)10(16)17/h5-9H2,1-4H3,(H,14,18)(H,16,17). The number of carbonyl (C=O) groups excluding carboxylic acids is 1. The van der Waals surface area contributed by atoms with Gasteiger partial charge in [-0.25, -0.2) is 9.59 Å². The van der Waals surface area contributed by atoms with Crippen LogP contribution in [0.25, 0.3) is 0 Å². The molecule has 0 bridgehead atoms. The molecule has 0 aromatic heterocycles. The van der Waals surface area contributed by atoms with Crippen molar-refractivity contribution in [2.75, 3.05) is 6.54 Å². The predicted molar refractivity (Wildman–Crippen MR) is 69.5 cm³/mol. The van der Waals surface area contributed by atoms with Gasteiger partial charge < -0.3 is 15.3 Å². The van der Waals surface area contributed by atoms with Gasteiger partial charge in [0, 0.05) is 12.1 Å². The van der Waals surface area contributed by atoms with Gasteiger partial charge in [0.05, 0.1) is 0 Å². The van der Waals surface area contributed by atoms with Crippen molar-refractivity contribution in [3.8, 4) is 0 Å². The summed E-state index contributed by atoms with van der Waals surface area (Å²) in [6, 6.07) is -0.268. The Morgan fingerprint density at radius 2 is 2.06 bits per heavy atom. The van der Waals surface area contributed by atoms with Crippen LogP contribution in [0.15, 0.2) is 0 Å². The van der Waals surface area contributed by atoms with E-state index in [1.54, 1.807) is 6.92 Å². The van der Waals surface area contributed by atoms with E-state index in [0.717, 1.165) is 19.3 Å². The zero-order valence-electron chi connectivity index (χ0n) is 11.7. The Hall–Kier alpha value is -1.26. The molecule has 5 nitrogen and oxygen atoms in total. The fraction of sp³-hybridized carbons (Fsp3) is 0.846. The van der Waals surface area contributed by atoms with Crippen molar-refractivity contribution in [1.29, 1.82) is 0 Å². The second-order valence-electron chi connectivity index (χ2n) is 5.90. The number of carbonyl (C=O) groups is 2. The molecule has 0 saturated carbocycles. The molecule has 1 rings (SSSR count). The van der Waals surface area contributed by atoms with Gasteiger partial charge in [-0.2, -0.15) is 0 Å². The zero-order chi connectivity index (χ0) is 14.0. The first-order valence-electron chi connectivity index (χ1n) is 6.56. The highest BCUT2D eigenvalue weighted by Crippen LogP contribution is 2.29. The Morgan fingerprint density at radius 3 is 2.56 bits per heavy atom. The molecule has 0 aromatic carbocycles. The predicted octanol–water partition coefficient (Wildman–Crippen LogP) is 2.21. The van der Waals surface area contributed by atoms with E-state index in [1.165, 1.54) is 4.90 Å². The molecule has 2 amide bonds. The largest absolute Gasteiger partial charge is 0.480 e. The lowest BCUT2D eigenvalue weighted by Crippen LogP contribution is -2.57. The summed E-state index contributed by atoms with van der Waals surface area (Å²) in [6.07, 6.45) is 3.11. The number of rotatable bonds is 4. The minimum Gasteiger partial charge on any atom is -0.480 e. The van der Waals surface area contributed by atoms with Crippen LogP contribution in [0.3, 0.4) is 0 Å². The number of nitrogens with zero attached hydrogens (tertiary/aromatic N) is 1. The summed E-state index contributed by atoms with van der Waals surface area (Å²) in [4.78, 5) is 25.0. The Morgan fingerprint density at radius 1 is 1.44 bits per heavy atom. The van der Waals surface area contributed by atoms with Gasteiger partial charge in [0.1, 0.15) is 5.54 Å². The van der Waals surface area contributed by atoms with Gasteiger partial charge in [-0.1, -0.05) is 13.3 Å². The van der Waals surface area contributed by atoms with Crippen LogP contribution in [-0.2, 0) is 4.79 Å². The Labute approximate surface area is 109 Å². The number of nitrogens with one attached hydrogen (secondary N) is 1. The lowest BCUT2D eigenvalue weighted by molar-refractivity contribution is -0.147. The number of carboxylic acid groups (broad SMARTS) is 1. The van der Waals surface area contributed by atoms with Crippen molar-refractivity contribution in [1.82, 2.24) is 10.2 Å².